The summed E-state index contributed by atoms with van der Waals surface area (Å²) in [5.74, 6) is 0.576. The number of furan rings is 1. The molecule has 0 fully saturated rings. The Balaban J connectivity index is 1.82. The van der Waals surface area contributed by atoms with Crippen molar-refractivity contribution in [1.29, 1.82) is 0 Å². The van der Waals surface area contributed by atoms with Crippen molar-refractivity contribution in [2.45, 2.75) is 6.92 Å². The molecule has 3 amide bonds. The highest BCUT2D eigenvalue weighted by Gasteiger charge is 2.18. The number of aryl methyl sites for hydroxylation is 1. The molecule has 25 heavy (non-hydrogen) atoms. The van der Waals surface area contributed by atoms with Gasteiger partial charge in [-0.1, -0.05) is 0 Å². The number of hydrogen-bond donors (Lipinski definition) is 3. The number of anilines is 2. The van der Waals surface area contributed by atoms with Crippen molar-refractivity contribution in [3.63, 3.8) is 0 Å². The molecule has 1 aromatic heterocycles. The lowest BCUT2D eigenvalue weighted by atomic mass is 10.1. The maximum Gasteiger partial charge on any atom is 0.316 e. The molecule has 0 aliphatic rings. The van der Waals surface area contributed by atoms with Crippen LogP contribution in [0.5, 0.6) is 5.75 Å². The zero-order valence-electron chi connectivity index (χ0n) is 13.8. The fraction of sp³-hybridized carbons (Fsp3) is 0.111. The van der Waals surface area contributed by atoms with E-state index >= 15 is 0 Å². The van der Waals surface area contributed by atoms with Crippen LogP contribution in [0.4, 0.5) is 16.2 Å². The minimum Gasteiger partial charge on any atom is -0.497 e. The van der Waals surface area contributed by atoms with Crippen LogP contribution in [-0.4, -0.2) is 19.0 Å². The van der Waals surface area contributed by atoms with Crippen molar-refractivity contribution in [1.82, 2.24) is 0 Å². The van der Waals surface area contributed by atoms with Crippen molar-refractivity contribution in [3.05, 3.63) is 53.8 Å². The van der Waals surface area contributed by atoms with E-state index in [-0.39, 0.29) is 11.7 Å². The summed E-state index contributed by atoms with van der Waals surface area (Å²) in [6.07, 6.45) is 0. The minimum absolute atomic E-state index is 0.239. The topological polar surface area (TPSA) is 107 Å². The molecule has 0 aliphatic heterocycles. The van der Waals surface area contributed by atoms with Gasteiger partial charge in [-0.25, -0.2) is 4.79 Å². The number of urea groups is 1. The zero-order valence-corrected chi connectivity index (χ0v) is 13.8. The molecule has 4 N–H and O–H groups in total. The van der Waals surface area contributed by atoms with Crippen molar-refractivity contribution < 1.29 is 18.7 Å². The van der Waals surface area contributed by atoms with E-state index in [4.69, 9.17) is 14.9 Å². The molecule has 0 aliphatic carbocycles. The van der Waals surface area contributed by atoms with Crippen LogP contribution in [0.2, 0.25) is 0 Å². The molecule has 1 heterocycles. The molecule has 0 saturated heterocycles. The third-order valence-electron chi connectivity index (χ3n) is 3.76. The predicted molar refractivity (Wildman–Crippen MR) is 95.1 cm³/mol. The van der Waals surface area contributed by atoms with Gasteiger partial charge in [0, 0.05) is 22.3 Å². The summed E-state index contributed by atoms with van der Waals surface area (Å²) in [6.45, 7) is 1.82. The van der Waals surface area contributed by atoms with Gasteiger partial charge >= 0.3 is 6.03 Å². The molecule has 0 radical (unpaired) electrons. The second kappa shape index (κ2) is 6.56. The number of methoxy groups -OCH3 is 1. The summed E-state index contributed by atoms with van der Waals surface area (Å²) in [4.78, 5) is 23.3. The summed E-state index contributed by atoms with van der Waals surface area (Å²) in [5.41, 5.74) is 7.51. The number of nitrogens with one attached hydrogen (secondary N) is 2. The van der Waals surface area contributed by atoms with Crippen LogP contribution < -0.4 is 21.1 Å². The molecule has 0 bridgehead atoms. The van der Waals surface area contributed by atoms with E-state index in [9.17, 15) is 9.59 Å². The van der Waals surface area contributed by atoms with Gasteiger partial charge in [0.25, 0.3) is 5.91 Å². The van der Waals surface area contributed by atoms with Crippen LogP contribution >= 0.6 is 0 Å². The molecule has 0 saturated carbocycles. The maximum absolute atomic E-state index is 12.5. The molecule has 3 aromatic rings. The van der Waals surface area contributed by atoms with Gasteiger partial charge in [-0.3, -0.25) is 4.79 Å². The second-order valence-corrected chi connectivity index (χ2v) is 5.44. The Kier molecular flexibility index (Phi) is 4.30. The number of amides is 3. The molecular weight excluding hydrogens is 322 g/mol. The summed E-state index contributed by atoms with van der Waals surface area (Å²) in [6, 6.07) is 11.3. The first-order valence-corrected chi connectivity index (χ1v) is 7.53. The highest BCUT2D eigenvalue weighted by Crippen LogP contribution is 2.29. The number of benzene rings is 2. The van der Waals surface area contributed by atoms with Gasteiger partial charge in [-0.2, -0.15) is 0 Å². The molecule has 3 rings (SSSR count). The van der Waals surface area contributed by atoms with Crippen LogP contribution in [0, 0.1) is 6.92 Å². The smallest absolute Gasteiger partial charge is 0.316 e. The van der Waals surface area contributed by atoms with E-state index < -0.39 is 6.03 Å². The van der Waals surface area contributed by atoms with Crippen LogP contribution in [0.3, 0.4) is 0 Å². The van der Waals surface area contributed by atoms with E-state index in [0.29, 0.717) is 22.7 Å². The third kappa shape index (κ3) is 3.40. The zero-order chi connectivity index (χ0) is 18.0. The van der Waals surface area contributed by atoms with Gasteiger partial charge in [0.1, 0.15) is 11.3 Å². The van der Waals surface area contributed by atoms with Crippen molar-refractivity contribution in [3.8, 4) is 5.75 Å². The fourth-order valence-electron chi connectivity index (χ4n) is 2.51. The van der Waals surface area contributed by atoms with E-state index in [1.807, 2.05) is 13.0 Å². The molecule has 0 spiro atoms. The molecule has 128 valence electrons. The predicted octanol–water partition coefficient (Wildman–Crippen LogP) is 3.49. The number of carbonyl (C=O) groups is 2. The Labute approximate surface area is 143 Å². The molecule has 0 unspecified atom stereocenters. The van der Waals surface area contributed by atoms with Crippen molar-refractivity contribution in [2.24, 2.45) is 5.73 Å². The van der Waals surface area contributed by atoms with E-state index in [1.54, 1.807) is 43.5 Å². The average molecular weight is 339 g/mol. The largest absolute Gasteiger partial charge is 0.497 e. The van der Waals surface area contributed by atoms with Gasteiger partial charge in [0.2, 0.25) is 0 Å². The summed E-state index contributed by atoms with van der Waals surface area (Å²) in [7, 11) is 1.58. The normalized spacial score (nSPS) is 10.5. The number of rotatable bonds is 4. The third-order valence-corrected chi connectivity index (χ3v) is 3.76. The van der Waals surface area contributed by atoms with Gasteiger partial charge in [-0.05, 0) is 49.4 Å². The first-order valence-electron chi connectivity index (χ1n) is 7.53. The molecule has 7 heteroatoms. The van der Waals surface area contributed by atoms with Crippen molar-refractivity contribution in [2.75, 3.05) is 17.7 Å². The number of nitrogens with two attached hydrogens (primary N) is 1. The number of hydrogen-bond acceptors (Lipinski definition) is 4. The Morgan fingerprint density at radius 1 is 1.04 bits per heavy atom. The second-order valence-electron chi connectivity index (χ2n) is 5.44. The number of ether oxygens (including phenoxy) is 1. The lowest BCUT2D eigenvalue weighted by Gasteiger charge is -2.06. The average Bonchev–Trinajstić information content (AvgIpc) is 2.92. The van der Waals surface area contributed by atoms with E-state index in [1.165, 1.54) is 0 Å². The van der Waals surface area contributed by atoms with Gasteiger partial charge in [-0.15, -0.1) is 0 Å². The Hall–Kier alpha value is -3.48. The van der Waals surface area contributed by atoms with Gasteiger partial charge < -0.3 is 25.5 Å². The highest BCUT2D eigenvalue weighted by molar-refractivity contribution is 6.06. The summed E-state index contributed by atoms with van der Waals surface area (Å²) in [5, 5.41) is 6.04. The SMILES string of the molecule is COc1ccc2oc(C(=O)Nc3ccc(NC(N)=O)cc3)c(C)c2c1. The summed E-state index contributed by atoms with van der Waals surface area (Å²) >= 11 is 0. The fourth-order valence-corrected chi connectivity index (χ4v) is 2.51. The highest BCUT2D eigenvalue weighted by atomic mass is 16.5. The molecule has 7 nitrogen and oxygen atoms in total. The summed E-state index contributed by atoms with van der Waals surface area (Å²) < 4.78 is 10.9. The monoisotopic (exact) mass is 339 g/mol. The number of carbonyl (C=O) groups excluding carboxylic acids is 2. The Bertz CT molecular complexity index is 945. The van der Waals surface area contributed by atoms with Gasteiger partial charge in [0.15, 0.2) is 5.76 Å². The minimum atomic E-state index is -0.648. The Morgan fingerprint density at radius 2 is 1.68 bits per heavy atom. The molecule has 2 aromatic carbocycles. The van der Waals surface area contributed by atoms with Crippen LogP contribution in [0.25, 0.3) is 11.0 Å². The maximum atomic E-state index is 12.5. The van der Waals surface area contributed by atoms with E-state index in [2.05, 4.69) is 10.6 Å². The lowest BCUT2D eigenvalue weighted by molar-refractivity contribution is 0.0998. The van der Waals surface area contributed by atoms with Crippen LogP contribution in [0.15, 0.2) is 46.9 Å². The molecular formula is C18H17N3O4. The van der Waals surface area contributed by atoms with E-state index in [0.717, 1.165) is 10.9 Å². The van der Waals surface area contributed by atoms with Crippen LogP contribution in [-0.2, 0) is 0 Å². The quantitative estimate of drug-likeness (QED) is 0.676. The number of fused-ring (bicyclic) bond motifs is 1. The van der Waals surface area contributed by atoms with Gasteiger partial charge in [0.05, 0.1) is 7.11 Å². The first-order chi connectivity index (χ1) is 12.0. The molecule has 0 atom stereocenters. The Morgan fingerprint density at radius 3 is 2.28 bits per heavy atom. The van der Waals surface area contributed by atoms with Crippen LogP contribution in [0.1, 0.15) is 16.1 Å². The van der Waals surface area contributed by atoms with Crippen molar-refractivity contribution >= 4 is 34.3 Å². The first kappa shape index (κ1) is 16.4. The standard InChI is InChI=1S/C18H17N3O4/c1-10-14-9-13(24-2)7-8-15(14)25-16(10)17(22)20-11-3-5-12(6-4-11)21-18(19)23/h3-9H,1-2H3,(H,20,22)(H3,19,21,23). The lowest BCUT2D eigenvalue weighted by Crippen LogP contribution is -2.19. The number of primary amides is 1.